The Balaban J connectivity index is 3.02. The Bertz CT molecular complexity index is 428. The van der Waals surface area contributed by atoms with Gasteiger partial charge < -0.3 is 16.2 Å². The second-order valence-electron chi connectivity index (χ2n) is 4.86. The van der Waals surface area contributed by atoms with Crippen molar-refractivity contribution in [1.82, 2.24) is 5.32 Å². The molecule has 4 nitrogen and oxygen atoms in total. The van der Waals surface area contributed by atoms with Gasteiger partial charge in [0.1, 0.15) is 17.1 Å². The van der Waals surface area contributed by atoms with Gasteiger partial charge in [0.25, 0.3) is 5.91 Å². The summed E-state index contributed by atoms with van der Waals surface area (Å²) < 4.78 is 13.5. The minimum absolute atomic E-state index is 0.0837. The van der Waals surface area contributed by atoms with Gasteiger partial charge in [-0.05, 0) is 25.0 Å². The van der Waals surface area contributed by atoms with Crippen LogP contribution in [0.5, 0.6) is 5.75 Å². The Kier molecular flexibility index (Phi) is 4.29. The smallest absolute Gasteiger partial charge is 0.258 e. The lowest BCUT2D eigenvalue weighted by atomic mass is 9.88. The molecular formula is C13H19FN2O2. The Labute approximate surface area is 106 Å². The maximum atomic E-state index is 13.5. The summed E-state index contributed by atoms with van der Waals surface area (Å²) in [6.45, 7) is 5.84. The summed E-state index contributed by atoms with van der Waals surface area (Å²) >= 11 is 0. The van der Waals surface area contributed by atoms with Crippen LogP contribution in [-0.4, -0.2) is 23.1 Å². The summed E-state index contributed by atoms with van der Waals surface area (Å²) in [7, 11) is 0. The summed E-state index contributed by atoms with van der Waals surface area (Å²) in [5.74, 6) is -1.71. The third-order valence-electron chi connectivity index (χ3n) is 3.32. The lowest BCUT2D eigenvalue weighted by Gasteiger charge is -2.33. The van der Waals surface area contributed by atoms with Gasteiger partial charge in [-0.1, -0.05) is 19.9 Å². The molecular weight excluding hydrogens is 235 g/mol. The summed E-state index contributed by atoms with van der Waals surface area (Å²) in [5, 5.41) is 12.2. The van der Waals surface area contributed by atoms with Crippen molar-refractivity contribution in [3.63, 3.8) is 0 Å². The van der Waals surface area contributed by atoms with Gasteiger partial charge in [0.15, 0.2) is 0 Å². The van der Waals surface area contributed by atoms with E-state index in [1.54, 1.807) is 6.92 Å². The molecule has 0 heterocycles. The second-order valence-corrected chi connectivity index (χ2v) is 4.86. The van der Waals surface area contributed by atoms with E-state index in [0.717, 1.165) is 6.07 Å². The van der Waals surface area contributed by atoms with Crippen molar-refractivity contribution in [1.29, 1.82) is 0 Å². The molecule has 1 amide bonds. The quantitative estimate of drug-likeness (QED) is 0.764. The van der Waals surface area contributed by atoms with E-state index in [-0.39, 0.29) is 23.8 Å². The molecule has 18 heavy (non-hydrogen) atoms. The van der Waals surface area contributed by atoms with Crippen molar-refractivity contribution in [2.75, 3.05) is 6.54 Å². The highest BCUT2D eigenvalue weighted by atomic mass is 19.1. The zero-order valence-corrected chi connectivity index (χ0v) is 10.8. The number of carbonyl (C=O) groups is 1. The zero-order valence-electron chi connectivity index (χ0n) is 10.8. The molecule has 1 aromatic carbocycles. The van der Waals surface area contributed by atoms with Gasteiger partial charge in [0.05, 0.1) is 5.54 Å². The van der Waals surface area contributed by atoms with Crippen LogP contribution in [-0.2, 0) is 0 Å². The summed E-state index contributed by atoms with van der Waals surface area (Å²) in [6.07, 6.45) is 0. The molecule has 0 aliphatic carbocycles. The first-order chi connectivity index (χ1) is 8.31. The molecule has 0 fully saturated rings. The lowest BCUT2D eigenvalue weighted by molar-refractivity contribution is 0.0876. The van der Waals surface area contributed by atoms with Crippen LogP contribution >= 0.6 is 0 Å². The number of nitrogens with one attached hydrogen (secondary N) is 1. The van der Waals surface area contributed by atoms with Crippen molar-refractivity contribution in [2.45, 2.75) is 26.3 Å². The standard InChI is InChI=1S/C13H19FN2O2/c1-8(2)13(3,7-15)16-12(18)11-9(14)5-4-6-10(11)17/h4-6,8,17H,7,15H2,1-3H3,(H,16,18). The summed E-state index contributed by atoms with van der Waals surface area (Å²) in [6, 6.07) is 3.74. The number of nitrogens with two attached hydrogens (primary N) is 1. The van der Waals surface area contributed by atoms with E-state index in [9.17, 15) is 14.3 Å². The maximum absolute atomic E-state index is 13.5. The van der Waals surface area contributed by atoms with E-state index in [1.807, 2.05) is 13.8 Å². The minimum atomic E-state index is -0.754. The fourth-order valence-electron chi connectivity index (χ4n) is 1.49. The molecule has 0 aliphatic rings. The molecule has 0 aliphatic heterocycles. The molecule has 1 atom stereocenters. The molecule has 5 heteroatoms. The molecule has 0 saturated carbocycles. The third kappa shape index (κ3) is 2.79. The summed E-state index contributed by atoms with van der Waals surface area (Å²) in [5.41, 5.74) is 4.64. The van der Waals surface area contributed by atoms with Gasteiger partial charge >= 0.3 is 0 Å². The molecule has 0 saturated heterocycles. The first-order valence-corrected chi connectivity index (χ1v) is 5.82. The van der Waals surface area contributed by atoms with Gasteiger partial charge in [-0.3, -0.25) is 4.79 Å². The number of carbonyl (C=O) groups excluding carboxylic acids is 1. The number of hydrogen-bond acceptors (Lipinski definition) is 3. The van der Waals surface area contributed by atoms with Gasteiger partial charge in [0.2, 0.25) is 0 Å². The number of hydrogen-bond donors (Lipinski definition) is 3. The Morgan fingerprint density at radius 1 is 1.56 bits per heavy atom. The molecule has 0 radical (unpaired) electrons. The number of phenols is 1. The van der Waals surface area contributed by atoms with Crippen molar-refractivity contribution in [3.8, 4) is 5.75 Å². The topological polar surface area (TPSA) is 75.3 Å². The summed E-state index contributed by atoms with van der Waals surface area (Å²) in [4.78, 5) is 12.0. The number of amides is 1. The van der Waals surface area contributed by atoms with E-state index < -0.39 is 17.3 Å². The van der Waals surface area contributed by atoms with E-state index >= 15 is 0 Å². The molecule has 1 unspecified atom stereocenters. The van der Waals surface area contributed by atoms with Gasteiger partial charge in [-0.25, -0.2) is 4.39 Å². The van der Waals surface area contributed by atoms with E-state index in [0.29, 0.717) is 0 Å². The van der Waals surface area contributed by atoms with Crippen LogP contribution in [0.2, 0.25) is 0 Å². The SMILES string of the molecule is CC(C)C(C)(CN)NC(=O)c1c(O)cccc1F. The second kappa shape index (κ2) is 5.35. The van der Waals surface area contributed by atoms with Crippen molar-refractivity contribution in [2.24, 2.45) is 11.7 Å². The van der Waals surface area contributed by atoms with Crippen LogP contribution in [0.15, 0.2) is 18.2 Å². The molecule has 0 spiro atoms. The van der Waals surface area contributed by atoms with Crippen molar-refractivity contribution < 1.29 is 14.3 Å². The Morgan fingerprint density at radius 3 is 2.61 bits per heavy atom. The number of rotatable bonds is 4. The third-order valence-corrected chi connectivity index (χ3v) is 3.32. The molecule has 1 aromatic rings. The van der Waals surface area contributed by atoms with Crippen LogP contribution in [0.4, 0.5) is 4.39 Å². The predicted octanol–water partition coefficient (Wildman–Crippen LogP) is 1.63. The molecule has 100 valence electrons. The first kappa shape index (κ1) is 14.4. The number of aromatic hydroxyl groups is 1. The molecule has 0 bridgehead atoms. The molecule has 4 N–H and O–H groups in total. The van der Waals surface area contributed by atoms with E-state index in [1.165, 1.54) is 12.1 Å². The van der Waals surface area contributed by atoms with Gasteiger partial charge in [0, 0.05) is 6.54 Å². The molecule has 0 aromatic heterocycles. The normalized spacial score (nSPS) is 14.3. The van der Waals surface area contributed by atoms with E-state index in [2.05, 4.69) is 5.32 Å². The predicted molar refractivity (Wildman–Crippen MR) is 67.8 cm³/mol. The highest BCUT2D eigenvalue weighted by Gasteiger charge is 2.30. The van der Waals surface area contributed by atoms with Gasteiger partial charge in [-0.2, -0.15) is 0 Å². The highest BCUT2D eigenvalue weighted by molar-refractivity contribution is 5.97. The largest absolute Gasteiger partial charge is 0.507 e. The zero-order chi connectivity index (χ0) is 13.9. The number of phenolic OH excluding ortho intramolecular Hbond substituents is 1. The molecule has 1 rings (SSSR count). The highest BCUT2D eigenvalue weighted by Crippen LogP contribution is 2.22. The first-order valence-electron chi connectivity index (χ1n) is 5.82. The Morgan fingerprint density at radius 2 is 2.17 bits per heavy atom. The number of benzene rings is 1. The average molecular weight is 254 g/mol. The fraction of sp³-hybridized carbons (Fsp3) is 0.462. The lowest BCUT2D eigenvalue weighted by Crippen LogP contribution is -2.55. The van der Waals surface area contributed by atoms with Crippen LogP contribution < -0.4 is 11.1 Å². The van der Waals surface area contributed by atoms with E-state index in [4.69, 9.17) is 5.73 Å². The van der Waals surface area contributed by atoms with Crippen LogP contribution in [0.3, 0.4) is 0 Å². The maximum Gasteiger partial charge on any atom is 0.258 e. The fourth-order valence-corrected chi connectivity index (χ4v) is 1.49. The van der Waals surface area contributed by atoms with Crippen molar-refractivity contribution >= 4 is 5.91 Å². The number of halogens is 1. The van der Waals surface area contributed by atoms with Crippen LogP contribution in [0.25, 0.3) is 0 Å². The Hall–Kier alpha value is -1.62. The van der Waals surface area contributed by atoms with Crippen LogP contribution in [0, 0.1) is 11.7 Å². The average Bonchev–Trinajstić information content (AvgIpc) is 2.28. The van der Waals surface area contributed by atoms with Gasteiger partial charge in [-0.15, -0.1) is 0 Å². The van der Waals surface area contributed by atoms with Crippen molar-refractivity contribution in [3.05, 3.63) is 29.6 Å². The van der Waals surface area contributed by atoms with Crippen LogP contribution in [0.1, 0.15) is 31.1 Å². The minimum Gasteiger partial charge on any atom is -0.507 e. The monoisotopic (exact) mass is 254 g/mol.